The third kappa shape index (κ3) is 2.03. The van der Waals surface area contributed by atoms with Crippen LogP contribution in [-0.4, -0.2) is 58.0 Å². The molecule has 1 aliphatic heterocycles. The van der Waals surface area contributed by atoms with Crippen LogP contribution in [0.25, 0.3) is 0 Å². The Kier molecular flexibility index (Phi) is 3.52. The molecule has 6 nitrogen and oxygen atoms in total. The number of ether oxygens (including phenoxy) is 1. The molecule has 2 aliphatic rings. The first-order valence-corrected chi connectivity index (χ1v) is 7.25. The highest BCUT2D eigenvalue weighted by molar-refractivity contribution is 5.92. The fraction of sp³-hybridized carbons (Fsp3) is 0.714. The number of hydrogen-bond donors (Lipinski definition) is 2. The van der Waals surface area contributed by atoms with Gasteiger partial charge < -0.3 is 14.7 Å². The van der Waals surface area contributed by atoms with E-state index in [2.05, 4.69) is 10.2 Å². The molecule has 0 radical (unpaired) electrons. The SMILES string of the molecule is CCOC1CC(O)C12CCN(C(=O)c1ccn[nH]1)CC2. The molecule has 2 heterocycles. The minimum Gasteiger partial charge on any atom is -0.392 e. The molecule has 1 saturated heterocycles. The highest BCUT2D eigenvalue weighted by atomic mass is 16.5. The molecule has 3 rings (SSSR count). The molecule has 110 valence electrons. The Balaban J connectivity index is 1.63. The second-order valence-electron chi connectivity index (χ2n) is 5.69. The van der Waals surface area contributed by atoms with Gasteiger partial charge in [-0.1, -0.05) is 0 Å². The monoisotopic (exact) mass is 279 g/mol. The van der Waals surface area contributed by atoms with E-state index < -0.39 is 0 Å². The maximum absolute atomic E-state index is 12.2. The summed E-state index contributed by atoms with van der Waals surface area (Å²) in [7, 11) is 0. The lowest BCUT2D eigenvalue weighted by Crippen LogP contribution is -2.62. The summed E-state index contributed by atoms with van der Waals surface area (Å²) < 4.78 is 5.73. The standard InChI is InChI=1S/C14H21N3O3/c1-2-20-12-9-11(18)14(12)4-7-17(8-5-14)13(19)10-3-6-15-16-10/h3,6,11-12,18H,2,4-5,7-9H2,1H3,(H,15,16). The van der Waals surface area contributed by atoms with Gasteiger partial charge >= 0.3 is 0 Å². The number of H-pyrrole nitrogens is 1. The van der Waals surface area contributed by atoms with Crippen LogP contribution >= 0.6 is 0 Å². The largest absolute Gasteiger partial charge is 0.392 e. The summed E-state index contributed by atoms with van der Waals surface area (Å²) in [4.78, 5) is 14.1. The van der Waals surface area contributed by atoms with Gasteiger partial charge in [0.25, 0.3) is 5.91 Å². The number of amides is 1. The number of hydrogen-bond acceptors (Lipinski definition) is 4. The highest BCUT2D eigenvalue weighted by Gasteiger charge is 2.56. The Morgan fingerprint density at radius 2 is 2.35 bits per heavy atom. The lowest BCUT2D eigenvalue weighted by Gasteiger charge is -2.56. The van der Waals surface area contributed by atoms with Crippen LogP contribution in [0.5, 0.6) is 0 Å². The average molecular weight is 279 g/mol. The zero-order valence-corrected chi connectivity index (χ0v) is 11.7. The van der Waals surface area contributed by atoms with Crippen molar-refractivity contribution in [1.82, 2.24) is 15.1 Å². The number of nitrogens with zero attached hydrogens (tertiary/aromatic N) is 2. The normalized spacial score (nSPS) is 28.4. The van der Waals surface area contributed by atoms with Crippen molar-refractivity contribution in [2.45, 2.75) is 38.4 Å². The molecule has 0 bridgehead atoms. The van der Waals surface area contributed by atoms with E-state index in [0.717, 1.165) is 19.3 Å². The maximum Gasteiger partial charge on any atom is 0.271 e. The van der Waals surface area contributed by atoms with E-state index in [1.165, 1.54) is 0 Å². The summed E-state index contributed by atoms with van der Waals surface area (Å²) in [5.74, 6) is -0.0147. The number of aromatic amines is 1. The molecule has 1 aromatic heterocycles. The molecule has 6 heteroatoms. The van der Waals surface area contributed by atoms with Gasteiger partial charge in [-0.2, -0.15) is 5.10 Å². The first-order chi connectivity index (χ1) is 9.67. The molecule has 1 aromatic rings. The lowest BCUT2D eigenvalue weighted by molar-refractivity contribution is -0.207. The summed E-state index contributed by atoms with van der Waals surface area (Å²) in [6.45, 7) is 3.99. The number of carbonyl (C=O) groups excluding carboxylic acids is 1. The molecule has 2 atom stereocenters. The van der Waals surface area contributed by atoms with Crippen LogP contribution in [0.15, 0.2) is 12.3 Å². The van der Waals surface area contributed by atoms with Crippen LogP contribution < -0.4 is 0 Å². The van der Waals surface area contributed by atoms with Crippen molar-refractivity contribution in [2.24, 2.45) is 5.41 Å². The third-order valence-corrected chi connectivity index (χ3v) is 4.82. The fourth-order valence-corrected chi connectivity index (χ4v) is 3.49. The number of carbonyl (C=O) groups is 1. The van der Waals surface area contributed by atoms with Crippen LogP contribution in [0.3, 0.4) is 0 Å². The molecule has 2 unspecified atom stereocenters. The van der Waals surface area contributed by atoms with Gasteiger partial charge in [0.15, 0.2) is 0 Å². The zero-order chi connectivity index (χ0) is 14.2. The minimum atomic E-state index is -0.288. The second-order valence-corrected chi connectivity index (χ2v) is 5.69. The van der Waals surface area contributed by atoms with Crippen molar-refractivity contribution in [3.63, 3.8) is 0 Å². The Hall–Kier alpha value is -1.40. The quantitative estimate of drug-likeness (QED) is 0.858. The van der Waals surface area contributed by atoms with Gasteiger partial charge in [-0.3, -0.25) is 9.89 Å². The van der Waals surface area contributed by atoms with E-state index in [4.69, 9.17) is 4.74 Å². The molecule has 1 aliphatic carbocycles. The number of likely N-dealkylation sites (tertiary alicyclic amines) is 1. The van der Waals surface area contributed by atoms with Gasteiger partial charge in [0.05, 0.1) is 12.2 Å². The van der Waals surface area contributed by atoms with Crippen molar-refractivity contribution in [2.75, 3.05) is 19.7 Å². The van der Waals surface area contributed by atoms with Crippen LogP contribution in [0.2, 0.25) is 0 Å². The number of piperidine rings is 1. The van der Waals surface area contributed by atoms with Gasteiger partial charge in [0.2, 0.25) is 0 Å². The average Bonchev–Trinajstić information content (AvgIpc) is 3.01. The van der Waals surface area contributed by atoms with E-state index >= 15 is 0 Å². The van der Waals surface area contributed by atoms with Gasteiger partial charge in [-0.25, -0.2) is 0 Å². The molecule has 2 N–H and O–H groups in total. The third-order valence-electron chi connectivity index (χ3n) is 4.82. The van der Waals surface area contributed by atoms with Crippen molar-refractivity contribution in [3.05, 3.63) is 18.0 Å². The number of rotatable bonds is 3. The van der Waals surface area contributed by atoms with Gasteiger partial charge in [0, 0.05) is 37.7 Å². The highest BCUT2D eigenvalue weighted by Crippen LogP contribution is 2.50. The molecule has 20 heavy (non-hydrogen) atoms. The van der Waals surface area contributed by atoms with E-state index in [1.54, 1.807) is 12.3 Å². The Labute approximate surface area is 118 Å². The van der Waals surface area contributed by atoms with Crippen molar-refractivity contribution < 1.29 is 14.6 Å². The summed E-state index contributed by atoms with van der Waals surface area (Å²) in [5, 5.41) is 16.6. The summed E-state index contributed by atoms with van der Waals surface area (Å²) in [6.07, 6.45) is 3.77. The predicted octanol–water partition coefficient (Wildman–Crippen LogP) is 0.802. The topological polar surface area (TPSA) is 78.5 Å². The van der Waals surface area contributed by atoms with Crippen molar-refractivity contribution in [1.29, 1.82) is 0 Å². The van der Waals surface area contributed by atoms with Crippen molar-refractivity contribution in [3.8, 4) is 0 Å². The fourth-order valence-electron chi connectivity index (χ4n) is 3.49. The molecular weight excluding hydrogens is 258 g/mol. The first-order valence-electron chi connectivity index (χ1n) is 7.25. The van der Waals surface area contributed by atoms with Gasteiger partial charge in [-0.05, 0) is 25.8 Å². The number of aromatic nitrogens is 2. The van der Waals surface area contributed by atoms with Crippen LogP contribution in [0, 0.1) is 5.41 Å². The zero-order valence-electron chi connectivity index (χ0n) is 11.7. The van der Waals surface area contributed by atoms with Crippen molar-refractivity contribution >= 4 is 5.91 Å². The lowest BCUT2D eigenvalue weighted by atomic mass is 9.58. The molecule has 0 aromatic carbocycles. The van der Waals surface area contributed by atoms with E-state index in [-0.39, 0.29) is 23.5 Å². The molecular formula is C14H21N3O3. The van der Waals surface area contributed by atoms with Gasteiger partial charge in [0.1, 0.15) is 5.69 Å². The van der Waals surface area contributed by atoms with E-state index in [9.17, 15) is 9.90 Å². The molecule has 1 saturated carbocycles. The smallest absolute Gasteiger partial charge is 0.271 e. The Bertz CT molecular complexity index is 464. The van der Waals surface area contributed by atoms with Crippen LogP contribution in [-0.2, 0) is 4.74 Å². The molecule has 1 amide bonds. The number of nitrogens with one attached hydrogen (secondary N) is 1. The second kappa shape index (κ2) is 5.18. The number of aliphatic hydroxyl groups is 1. The number of aliphatic hydroxyl groups excluding tert-OH is 1. The summed E-state index contributed by atoms with van der Waals surface area (Å²) in [5.41, 5.74) is 0.386. The first kappa shape index (κ1) is 13.6. The maximum atomic E-state index is 12.2. The molecule has 2 fully saturated rings. The molecule has 1 spiro atoms. The van der Waals surface area contributed by atoms with E-state index in [0.29, 0.717) is 25.4 Å². The Morgan fingerprint density at radius 3 is 2.90 bits per heavy atom. The summed E-state index contributed by atoms with van der Waals surface area (Å²) >= 11 is 0. The summed E-state index contributed by atoms with van der Waals surface area (Å²) in [6, 6.07) is 1.69. The Morgan fingerprint density at radius 1 is 1.60 bits per heavy atom. The van der Waals surface area contributed by atoms with Crippen LogP contribution in [0.4, 0.5) is 0 Å². The minimum absolute atomic E-state index is 0.0147. The van der Waals surface area contributed by atoms with Crippen LogP contribution in [0.1, 0.15) is 36.7 Å². The van der Waals surface area contributed by atoms with Gasteiger partial charge in [-0.15, -0.1) is 0 Å². The predicted molar refractivity (Wildman–Crippen MR) is 72.2 cm³/mol. The van der Waals surface area contributed by atoms with E-state index in [1.807, 2.05) is 11.8 Å².